The van der Waals surface area contributed by atoms with Gasteiger partial charge in [0.1, 0.15) is 5.58 Å². The maximum absolute atomic E-state index is 6.87. The number of para-hydroxylation sites is 2. The number of rotatable bonds is 4. The first kappa shape index (κ1) is 30.3. The van der Waals surface area contributed by atoms with Crippen molar-refractivity contribution in [2.24, 2.45) is 0 Å². The van der Waals surface area contributed by atoms with Crippen LogP contribution in [-0.2, 0) is 0 Å². The minimum absolute atomic E-state index is 0.594. The van der Waals surface area contributed by atoms with Gasteiger partial charge in [-0.15, -0.1) is 11.3 Å². The lowest BCUT2D eigenvalue weighted by Crippen LogP contribution is -2.01. The van der Waals surface area contributed by atoms with Gasteiger partial charge in [-0.25, -0.2) is 15.0 Å². The maximum Gasteiger partial charge on any atom is 0.164 e. The normalized spacial score (nSPS) is 12.0. The number of aromatic nitrogens is 4. The molecule has 0 radical (unpaired) electrons. The highest BCUT2D eigenvalue weighted by Crippen LogP contribution is 2.44. The smallest absolute Gasteiger partial charge is 0.164 e. The van der Waals surface area contributed by atoms with E-state index in [4.69, 9.17) is 19.4 Å². The first-order chi connectivity index (χ1) is 27.3. The van der Waals surface area contributed by atoms with Crippen LogP contribution in [0.4, 0.5) is 0 Å². The van der Waals surface area contributed by atoms with Crippen molar-refractivity contribution in [2.45, 2.75) is 0 Å². The number of thiophene rings is 1. The van der Waals surface area contributed by atoms with E-state index in [1.54, 1.807) is 11.3 Å². The Balaban J connectivity index is 1.14. The molecule has 4 heterocycles. The van der Waals surface area contributed by atoms with Crippen LogP contribution in [0.15, 0.2) is 174 Å². The average Bonchev–Trinajstić information content (AvgIpc) is 3.93. The summed E-state index contributed by atoms with van der Waals surface area (Å²) in [7, 11) is 0. The second-order valence-electron chi connectivity index (χ2n) is 13.9. The van der Waals surface area contributed by atoms with Crippen molar-refractivity contribution in [2.75, 3.05) is 0 Å². The van der Waals surface area contributed by atoms with Crippen molar-refractivity contribution in [3.63, 3.8) is 0 Å². The molecule has 0 spiro atoms. The number of nitrogens with zero attached hydrogens (tertiary/aromatic N) is 4. The predicted octanol–water partition coefficient (Wildman–Crippen LogP) is 13.4. The van der Waals surface area contributed by atoms with Gasteiger partial charge in [-0.1, -0.05) is 127 Å². The van der Waals surface area contributed by atoms with E-state index in [0.717, 1.165) is 55.3 Å². The second-order valence-corrected chi connectivity index (χ2v) is 15.0. The highest BCUT2D eigenvalue weighted by molar-refractivity contribution is 7.25. The summed E-state index contributed by atoms with van der Waals surface area (Å²) < 4.78 is 11.7. The van der Waals surface area contributed by atoms with E-state index in [-0.39, 0.29) is 0 Å². The molecule has 0 saturated carbocycles. The number of furan rings is 1. The summed E-state index contributed by atoms with van der Waals surface area (Å²) in [5.41, 5.74) is 7.56. The van der Waals surface area contributed by atoms with Gasteiger partial charge in [0.05, 0.1) is 16.7 Å². The van der Waals surface area contributed by atoms with Crippen molar-refractivity contribution >= 4 is 86.0 Å². The van der Waals surface area contributed by atoms with Crippen molar-refractivity contribution < 1.29 is 4.42 Å². The van der Waals surface area contributed by atoms with E-state index in [0.29, 0.717) is 17.5 Å². The number of fused-ring (bicyclic) bond motifs is 11. The van der Waals surface area contributed by atoms with Gasteiger partial charge in [-0.05, 0) is 53.2 Å². The van der Waals surface area contributed by atoms with E-state index < -0.39 is 0 Å². The first-order valence-corrected chi connectivity index (χ1v) is 19.2. The fraction of sp³-hybridized carbons (Fsp3) is 0. The zero-order valence-electron chi connectivity index (χ0n) is 29.3. The molecule has 0 aliphatic carbocycles. The summed E-state index contributed by atoms with van der Waals surface area (Å²) in [4.78, 5) is 15.5. The van der Waals surface area contributed by atoms with Crippen LogP contribution >= 0.6 is 11.3 Å². The topological polar surface area (TPSA) is 56.7 Å². The Bertz CT molecular complexity index is 3500. The molecule has 4 aromatic heterocycles. The molecule has 0 atom stereocenters. The number of hydrogen-bond donors (Lipinski definition) is 0. The molecule has 0 unspecified atom stereocenters. The van der Waals surface area contributed by atoms with Gasteiger partial charge < -0.3 is 8.98 Å². The fourth-order valence-corrected chi connectivity index (χ4v) is 9.53. The zero-order valence-corrected chi connectivity index (χ0v) is 30.1. The van der Waals surface area contributed by atoms with Crippen molar-refractivity contribution in [1.82, 2.24) is 19.5 Å². The Morgan fingerprint density at radius 2 is 1.13 bits per heavy atom. The first-order valence-electron chi connectivity index (χ1n) is 18.4. The monoisotopic (exact) mass is 720 g/mol. The van der Waals surface area contributed by atoms with Crippen molar-refractivity contribution in [3.05, 3.63) is 170 Å². The molecule has 0 bridgehead atoms. The lowest BCUT2D eigenvalue weighted by Gasteiger charge is -2.13. The van der Waals surface area contributed by atoms with Gasteiger partial charge >= 0.3 is 0 Å². The van der Waals surface area contributed by atoms with E-state index in [2.05, 4.69) is 144 Å². The predicted molar refractivity (Wildman–Crippen MR) is 228 cm³/mol. The molecule has 12 rings (SSSR count). The number of benzene rings is 8. The third-order valence-electron chi connectivity index (χ3n) is 10.9. The van der Waals surface area contributed by atoms with Gasteiger partial charge in [0.2, 0.25) is 0 Å². The third kappa shape index (κ3) is 4.55. The lowest BCUT2D eigenvalue weighted by molar-refractivity contribution is 0.666. The fourth-order valence-electron chi connectivity index (χ4n) is 8.38. The van der Waals surface area contributed by atoms with E-state index >= 15 is 0 Å². The maximum atomic E-state index is 6.87. The molecule has 55 heavy (non-hydrogen) atoms. The van der Waals surface area contributed by atoms with Crippen molar-refractivity contribution in [1.29, 1.82) is 0 Å². The molecule has 6 heteroatoms. The molecule has 0 fully saturated rings. The van der Waals surface area contributed by atoms with Gasteiger partial charge in [0.15, 0.2) is 23.1 Å². The van der Waals surface area contributed by atoms with Crippen LogP contribution in [0.2, 0.25) is 0 Å². The molecule has 5 nitrogen and oxygen atoms in total. The number of hydrogen-bond acceptors (Lipinski definition) is 5. The Kier molecular flexibility index (Phi) is 6.44. The quantitative estimate of drug-likeness (QED) is 0.182. The zero-order chi connectivity index (χ0) is 36.0. The van der Waals surface area contributed by atoms with Crippen LogP contribution in [0, 0.1) is 0 Å². The Hall–Kier alpha value is -7.15. The van der Waals surface area contributed by atoms with E-state index in [9.17, 15) is 0 Å². The standard InChI is InChI=1S/C49H28N4OS/c1-2-13-30(14-3-1)47-50-48(31-22-24-34-33-16-8-11-21-42(33)55-43(34)28-31)52-49(51-47)37-25-27-40(46-45(37)36-18-7-10-20-41(36)54-46)53-38-19-9-6-17-35(38)44-32-15-5-4-12-29(32)23-26-39(44)53/h1-28H. The highest BCUT2D eigenvalue weighted by Gasteiger charge is 2.23. The summed E-state index contributed by atoms with van der Waals surface area (Å²) in [6.07, 6.45) is 0. The Morgan fingerprint density at radius 3 is 2.02 bits per heavy atom. The van der Waals surface area contributed by atoms with E-state index in [1.165, 1.54) is 41.7 Å². The molecule has 0 aliphatic heterocycles. The molecule has 8 aromatic carbocycles. The minimum atomic E-state index is 0.594. The van der Waals surface area contributed by atoms with Gasteiger partial charge in [0.25, 0.3) is 0 Å². The molecule has 0 amide bonds. The van der Waals surface area contributed by atoms with Crippen LogP contribution in [0.1, 0.15) is 0 Å². The highest BCUT2D eigenvalue weighted by atomic mass is 32.1. The summed E-state index contributed by atoms with van der Waals surface area (Å²) in [5.74, 6) is 1.84. The van der Waals surface area contributed by atoms with Crippen LogP contribution in [0.5, 0.6) is 0 Å². The molecule has 0 aliphatic rings. The summed E-state index contributed by atoms with van der Waals surface area (Å²) in [6.45, 7) is 0. The Morgan fingerprint density at radius 1 is 0.436 bits per heavy atom. The SMILES string of the molecule is c1ccc(-c2nc(-c3ccc4c(c3)sc3ccccc34)nc(-c3ccc(-n4c5ccccc5c5c6ccccc6ccc54)c4oc5ccccc5c34)n2)cc1. The Labute approximate surface area is 318 Å². The van der Waals surface area contributed by atoms with Crippen LogP contribution in [0.25, 0.3) is 115 Å². The minimum Gasteiger partial charge on any atom is -0.454 e. The summed E-state index contributed by atoms with van der Waals surface area (Å²) in [6, 6.07) is 59.5. The van der Waals surface area contributed by atoms with E-state index in [1.807, 2.05) is 30.3 Å². The molecule has 0 saturated heterocycles. The summed E-state index contributed by atoms with van der Waals surface area (Å²) in [5, 5.41) is 9.36. The molecular weight excluding hydrogens is 693 g/mol. The van der Waals surface area contributed by atoms with Gasteiger partial charge in [-0.3, -0.25) is 0 Å². The lowest BCUT2D eigenvalue weighted by atomic mass is 10.0. The van der Waals surface area contributed by atoms with Gasteiger partial charge in [-0.2, -0.15) is 0 Å². The van der Waals surface area contributed by atoms with Crippen LogP contribution < -0.4 is 0 Å². The largest absolute Gasteiger partial charge is 0.454 e. The molecule has 12 aromatic rings. The third-order valence-corrected chi connectivity index (χ3v) is 12.0. The van der Waals surface area contributed by atoms with Crippen LogP contribution in [-0.4, -0.2) is 19.5 Å². The second kappa shape index (κ2) is 11.7. The summed E-state index contributed by atoms with van der Waals surface area (Å²) >= 11 is 1.79. The van der Waals surface area contributed by atoms with Gasteiger partial charge in [0, 0.05) is 58.4 Å². The molecular formula is C49H28N4OS. The van der Waals surface area contributed by atoms with Crippen LogP contribution in [0.3, 0.4) is 0 Å². The van der Waals surface area contributed by atoms with Crippen molar-refractivity contribution in [3.8, 4) is 39.9 Å². The average molecular weight is 721 g/mol. The molecule has 0 N–H and O–H groups in total. The molecule has 256 valence electrons.